The molecule has 2 atom stereocenters. The topological polar surface area (TPSA) is 69.6 Å². The van der Waals surface area contributed by atoms with Gasteiger partial charge in [-0.15, -0.1) is 0 Å². The van der Waals surface area contributed by atoms with Gasteiger partial charge >= 0.3 is 0 Å². The molecule has 2 N–H and O–H groups in total. The fraction of sp³-hybridized carbons (Fsp3) is 0.556. The molecule has 0 bridgehead atoms. The molecular weight excluding hydrogens is 347 g/mol. The third-order valence-electron chi connectivity index (χ3n) is 4.89. The van der Waals surface area contributed by atoms with Gasteiger partial charge in [0.1, 0.15) is 5.82 Å². The molecule has 2 aliphatic rings. The average molecular weight is 369 g/mol. The normalized spacial score (nSPS) is 23.4. The van der Waals surface area contributed by atoms with Gasteiger partial charge in [-0.1, -0.05) is 17.7 Å². The Kier molecular flexibility index (Phi) is 5.59. The zero-order valence-electron chi connectivity index (χ0n) is 13.9. The van der Waals surface area contributed by atoms with Crippen LogP contribution in [0.3, 0.4) is 0 Å². The largest absolute Gasteiger partial charge is 0.393 e. The lowest BCUT2D eigenvalue weighted by Gasteiger charge is -2.29. The number of rotatable bonds is 5. The Morgan fingerprint density at radius 1 is 1.28 bits per heavy atom. The molecule has 3 rings (SSSR count). The first-order chi connectivity index (χ1) is 12.0. The molecule has 1 aliphatic heterocycles. The zero-order valence-corrected chi connectivity index (χ0v) is 14.6. The number of hydrogen-bond donors (Lipinski definition) is 2. The van der Waals surface area contributed by atoms with Crippen LogP contribution in [-0.4, -0.2) is 47.1 Å². The summed E-state index contributed by atoms with van der Waals surface area (Å²) in [6.07, 6.45) is 1.77. The molecule has 136 valence electrons. The second-order valence-electron chi connectivity index (χ2n) is 6.76. The summed E-state index contributed by atoms with van der Waals surface area (Å²) in [5.74, 6) is -0.717. The van der Waals surface area contributed by atoms with Crippen molar-refractivity contribution in [3.05, 3.63) is 34.6 Å². The molecule has 2 amide bonds. The summed E-state index contributed by atoms with van der Waals surface area (Å²) in [5, 5.41) is 12.7. The summed E-state index contributed by atoms with van der Waals surface area (Å²) >= 11 is 6.04. The molecule has 1 heterocycles. The summed E-state index contributed by atoms with van der Waals surface area (Å²) < 4.78 is 13.9. The Labute approximate surface area is 151 Å². The van der Waals surface area contributed by atoms with E-state index in [0.29, 0.717) is 42.9 Å². The van der Waals surface area contributed by atoms with Crippen LogP contribution in [0.15, 0.2) is 18.2 Å². The van der Waals surface area contributed by atoms with Crippen LogP contribution in [0, 0.1) is 5.82 Å². The van der Waals surface area contributed by atoms with Crippen molar-refractivity contribution in [2.24, 2.45) is 0 Å². The highest BCUT2D eigenvalue weighted by Crippen LogP contribution is 2.44. The highest BCUT2D eigenvalue weighted by Gasteiger charge is 2.42. The first-order valence-electron chi connectivity index (χ1n) is 8.65. The van der Waals surface area contributed by atoms with E-state index in [1.165, 1.54) is 6.07 Å². The van der Waals surface area contributed by atoms with Crippen molar-refractivity contribution in [3.63, 3.8) is 0 Å². The van der Waals surface area contributed by atoms with E-state index in [9.17, 15) is 19.1 Å². The number of benzene rings is 1. The maximum atomic E-state index is 13.9. The molecule has 0 radical (unpaired) electrons. The van der Waals surface area contributed by atoms with Crippen molar-refractivity contribution in [1.82, 2.24) is 10.2 Å². The van der Waals surface area contributed by atoms with E-state index >= 15 is 0 Å². The summed E-state index contributed by atoms with van der Waals surface area (Å²) in [6.45, 7) is 1.08. The molecule has 7 heteroatoms. The Balaban J connectivity index is 1.43. The van der Waals surface area contributed by atoms with Crippen molar-refractivity contribution in [3.8, 4) is 0 Å². The molecule has 1 aromatic carbocycles. The summed E-state index contributed by atoms with van der Waals surface area (Å²) in [4.78, 5) is 25.8. The molecule has 1 saturated heterocycles. The number of halogens is 2. The van der Waals surface area contributed by atoms with Crippen LogP contribution in [-0.2, 0) is 9.59 Å². The summed E-state index contributed by atoms with van der Waals surface area (Å²) in [6, 6.07) is 4.45. The fourth-order valence-corrected chi connectivity index (χ4v) is 3.61. The summed E-state index contributed by atoms with van der Waals surface area (Å²) in [7, 11) is 0. The number of nitrogens with one attached hydrogen (secondary N) is 1. The minimum atomic E-state index is -0.350. The van der Waals surface area contributed by atoms with Crippen LogP contribution in [0.4, 0.5) is 4.39 Å². The average Bonchev–Trinajstić information content (AvgIpc) is 3.31. The molecule has 25 heavy (non-hydrogen) atoms. The van der Waals surface area contributed by atoms with Crippen LogP contribution in [0.5, 0.6) is 0 Å². The monoisotopic (exact) mass is 368 g/mol. The highest BCUT2D eigenvalue weighted by atomic mass is 35.5. The Hall–Kier alpha value is -1.66. The van der Waals surface area contributed by atoms with Gasteiger partial charge in [0, 0.05) is 48.5 Å². The number of carbonyl (C=O) groups excluding carboxylic acids is 2. The molecule has 0 spiro atoms. The number of likely N-dealkylation sites (tertiary alicyclic amines) is 1. The minimum absolute atomic E-state index is 0.0634. The van der Waals surface area contributed by atoms with Crippen molar-refractivity contribution >= 4 is 23.4 Å². The van der Waals surface area contributed by atoms with E-state index in [-0.39, 0.29) is 48.5 Å². The molecule has 0 aromatic heterocycles. The quantitative estimate of drug-likeness (QED) is 0.837. The third-order valence-corrected chi connectivity index (χ3v) is 5.22. The first-order valence-corrected chi connectivity index (χ1v) is 9.02. The van der Waals surface area contributed by atoms with Gasteiger partial charge in [0.25, 0.3) is 0 Å². The Morgan fingerprint density at radius 2 is 2.00 bits per heavy atom. The van der Waals surface area contributed by atoms with Gasteiger partial charge in [-0.2, -0.15) is 0 Å². The van der Waals surface area contributed by atoms with Crippen LogP contribution in [0.25, 0.3) is 0 Å². The molecule has 0 unspecified atom stereocenters. The van der Waals surface area contributed by atoms with Gasteiger partial charge in [-0.05, 0) is 31.4 Å². The second-order valence-corrected chi connectivity index (χ2v) is 7.17. The van der Waals surface area contributed by atoms with Gasteiger partial charge in [-0.25, -0.2) is 4.39 Å². The van der Waals surface area contributed by atoms with Crippen LogP contribution < -0.4 is 5.32 Å². The molecule has 1 aliphatic carbocycles. The molecular formula is C18H22ClFN2O3. The lowest BCUT2D eigenvalue weighted by atomic mass is 10.1. The van der Waals surface area contributed by atoms with Crippen molar-refractivity contribution in [2.75, 3.05) is 13.1 Å². The number of amides is 2. The predicted octanol–water partition coefficient (Wildman–Crippen LogP) is 2.21. The van der Waals surface area contributed by atoms with Gasteiger partial charge in [0.05, 0.1) is 6.10 Å². The number of piperidine rings is 1. The molecule has 1 aromatic rings. The Morgan fingerprint density at radius 3 is 2.68 bits per heavy atom. The third kappa shape index (κ3) is 4.50. The van der Waals surface area contributed by atoms with E-state index in [1.54, 1.807) is 17.0 Å². The lowest BCUT2D eigenvalue weighted by Crippen LogP contribution is -2.40. The summed E-state index contributed by atoms with van der Waals surface area (Å²) in [5.41, 5.74) is 0.456. The number of carbonyl (C=O) groups is 2. The van der Waals surface area contributed by atoms with Crippen LogP contribution in [0.2, 0.25) is 5.02 Å². The van der Waals surface area contributed by atoms with Crippen LogP contribution in [0.1, 0.15) is 43.6 Å². The smallest absolute Gasteiger partial charge is 0.223 e. The van der Waals surface area contributed by atoms with E-state index < -0.39 is 0 Å². The number of hydrogen-bond acceptors (Lipinski definition) is 3. The molecule has 1 saturated carbocycles. The maximum absolute atomic E-state index is 13.9. The van der Waals surface area contributed by atoms with Crippen molar-refractivity contribution in [1.29, 1.82) is 0 Å². The molecule has 5 nitrogen and oxygen atoms in total. The van der Waals surface area contributed by atoms with E-state index in [1.807, 2.05) is 0 Å². The van der Waals surface area contributed by atoms with Crippen molar-refractivity contribution < 1.29 is 19.1 Å². The van der Waals surface area contributed by atoms with Gasteiger partial charge in [0.15, 0.2) is 0 Å². The van der Waals surface area contributed by atoms with Gasteiger partial charge in [0.2, 0.25) is 11.8 Å². The first kappa shape index (κ1) is 18.1. The van der Waals surface area contributed by atoms with E-state index in [2.05, 4.69) is 5.32 Å². The molecule has 2 fully saturated rings. The standard InChI is InChI=1S/C18H22ClFN2O3/c19-13-2-1-3-14(20)18(13)12-10-15(12)21-16(24)4-5-17(25)22-8-6-11(23)7-9-22/h1-3,11-12,15,23H,4-10H2,(H,21,24)/t12-,15-/m1/s1. The predicted molar refractivity (Wildman–Crippen MR) is 91.8 cm³/mol. The highest BCUT2D eigenvalue weighted by molar-refractivity contribution is 6.31. The van der Waals surface area contributed by atoms with Crippen molar-refractivity contribution in [2.45, 2.75) is 50.2 Å². The Bertz CT molecular complexity index is 641. The fourth-order valence-electron chi connectivity index (χ4n) is 3.31. The van der Waals surface area contributed by atoms with Gasteiger partial charge in [-0.3, -0.25) is 9.59 Å². The number of aliphatic hydroxyl groups excluding tert-OH is 1. The SMILES string of the molecule is O=C(CCC(=O)N1CCC(O)CC1)N[C@@H]1C[C@H]1c1c(F)cccc1Cl. The number of aliphatic hydroxyl groups is 1. The lowest BCUT2D eigenvalue weighted by molar-refractivity contribution is -0.135. The van der Waals surface area contributed by atoms with E-state index in [4.69, 9.17) is 11.6 Å². The minimum Gasteiger partial charge on any atom is -0.393 e. The second kappa shape index (κ2) is 7.70. The number of nitrogens with zero attached hydrogens (tertiary/aromatic N) is 1. The zero-order chi connectivity index (χ0) is 18.0. The van der Waals surface area contributed by atoms with Gasteiger partial charge < -0.3 is 15.3 Å². The van der Waals surface area contributed by atoms with Crippen LogP contribution >= 0.6 is 11.6 Å². The maximum Gasteiger partial charge on any atom is 0.223 e. The van der Waals surface area contributed by atoms with E-state index in [0.717, 1.165) is 0 Å².